The van der Waals surface area contributed by atoms with Crippen LogP contribution in [0.2, 0.25) is 10.0 Å². The van der Waals surface area contributed by atoms with Gasteiger partial charge in [0.2, 0.25) is 5.91 Å². The van der Waals surface area contributed by atoms with Crippen molar-refractivity contribution in [3.05, 3.63) is 33.8 Å². The van der Waals surface area contributed by atoms with E-state index in [1.165, 1.54) is 12.1 Å². The van der Waals surface area contributed by atoms with Crippen molar-refractivity contribution < 1.29 is 9.59 Å². The van der Waals surface area contributed by atoms with Gasteiger partial charge in [-0.3, -0.25) is 20.4 Å². The number of hydrazine groups is 1. The zero-order valence-electron chi connectivity index (χ0n) is 9.92. The first-order chi connectivity index (χ1) is 8.93. The molecule has 3 N–H and O–H groups in total. The van der Waals surface area contributed by atoms with Crippen LogP contribution in [0.1, 0.15) is 23.7 Å². The number of carbonyl (C=O) groups is 2. The summed E-state index contributed by atoms with van der Waals surface area (Å²) < 4.78 is 0. The zero-order valence-corrected chi connectivity index (χ0v) is 12.2. The summed E-state index contributed by atoms with van der Waals surface area (Å²) >= 11 is 16.4. The Bertz CT molecular complexity index is 523. The fourth-order valence-electron chi connectivity index (χ4n) is 1.10. The Morgan fingerprint density at radius 3 is 2.53 bits per heavy atom. The van der Waals surface area contributed by atoms with E-state index in [4.69, 9.17) is 35.4 Å². The molecule has 102 valence electrons. The Kier molecular flexibility index (Phi) is 6.01. The van der Waals surface area contributed by atoms with Crippen LogP contribution >= 0.6 is 35.4 Å². The third-order valence-corrected chi connectivity index (χ3v) is 2.79. The molecule has 1 aromatic carbocycles. The van der Waals surface area contributed by atoms with E-state index in [1.54, 1.807) is 13.0 Å². The lowest BCUT2D eigenvalue weighted by molar-refractivity contribution is -0.119. The van der Waals surface area contributed by atoms with E-state index in [-0.39, 0.29) is 21.6 Å². The maximum Gasteiger partial charge on any atom is 0.271 e. The monoisotopic (exact) mass is 319 g/mol. The number of carbonyl (C=O) groups excluding carboxylic acids is 2. The summed E-state index contributed by atoms with van der Waals surface area (Å²) in [5.74, 6) is -0.744. The molecule has 0 aliphatic carbocycles. The molecule has 0 saturated carbocycles. The average molecular weight is 320 g/mol. The van der Waals surface area contributed by atoms with Gasteiger partial charge in [0.15, 0.2) is 5.11 Å². The third kappa shape index (κ3) is 5.02. The number of halogens is 2. The summed E-state index contributed by atoms with van der Waals surface area (Å²) in [5, 5.41) is 3.03. The van der Waals surface area contributed by atoms with Gasteiger partial charge >= 0.3 is 0 Å². The molecule has 0 radical (unpaired) electrons. The van der Waals surface area contributed by atoms with Crippen LogP contribution in [0.5, 0.6) is 0 Å². The molecule has 1 aromatic rings. The normalized spacial score (nSPS) is 9.63. The standard InChI is InChI=1S/C11H11Cl2N3O2S/c1-2-9(17)14-11(19)16-15-10(18)7-4-3-6(12)5-8(7)13/h3-5H,2H2,1H3,(H,15,18)(H2,14,16,17,19). The first-order valence-corrected chi connectivity index (χ1v) is 6.45. The highest BCUT2D eigenvalue weighted by Gasteiger charge is 2.11. The second-order valence-corrected chi connectivity index (χ2v) is 4.69. The van der Waals surface area contributed by atoms with E-state index in [0.29, 0.717) is 11.4 Å². The Hall–Kier alpha value is -1.37. The number of hydrogen-bond acceptors (Lipinski definition) is 3. The first kappa shape index (κ1) is 15.7. The van der Waals surface area contributed by atoms with Crippen LogP contribution < -0.4 is 16.2 Å². The molecular weight excluding hydrogens is 309 g/mol. The fourth-order valence-corrected chi connectivity index (χ4v) is 1.76. The maximum atomic E-state index is 11.8. The number of thiocarbonyl (C=S) groups is 1. The summed E-state index contributed by atoms with van der Waals surface area (Å²) in [6.45, 7) is 1.68. The summed E-state index contributed by atoms with van der Waals surface area (Å²) in [4.78, 5) is 22.8. The van der Waals surface area contributed by atoms with Gasteiger partial charge in [-0.15, -0.1) is 0 Å². The highest BCUT2D eigenvalue weighted by Crippen LogP contribution is 2.20. The molecule has 1 rings (SSSR count). The average Bonchev–Trinajstić information content (AvgIpc) is 2.35. The van der Waals surface area contributed by atoms with Crippen molar-refractivity contribution >= 4 is 52.3 Å². The van der Waals surface area contributed by atoms with Crippen molar-refractivity contribution in [3.8, 4) is 0 Å². The predicted molar refractivity (Wildman–Crippen MR) is 78.1 cm³/mol. The van der Waals surface area contributed by atoms with Gasteiger partial charge in [0, 0.05) is 11.4 Å². The molecule has 5 nitrogen and oxygen atoms in total. The Morgan fingerprint density at radius 2 is 1.95 bits per heavy atom. The minimum Gasteiger partial charge on any atom is -0.302 e. The highest BCUT2D eigenvalue weighted by molar-refractivity contribution is 7.80. The Balaban J connectivity index is 2.56. The molecule has 0 unspecified atom stereocenters. The van der Waals surface area contributed by atoms with Gasteiger partial charge in [0.1, 0.15) is 0 Å². The number of hydrogen-bond donors (Lipinski definition) is 3. The molecule has 0 fully saturated rings. The van der Waals surface area contributed by atoms with Gasteiger partial charge in [0.05, 0.1) is 10.6 Å². The first-order valence-electron chi connectivity index (χ1n) is 5.29. The molecule has 0 spiro atoms. The maximum absolute atomic E-state index is 11.8. The molecule has 0 saturated heterocycles. The Labute approximate surface area is 125 Å². The summed E-state index contributed by atoms with van der Waals surface area (Å²) in [6, 6.07) is 4.48. The number of benzene rings is 1. The quantitative estimate of drug-likeness (QED) is 0.576. The summed E-state index contributed by atoms with van der Waals surface area (Å²) in [5.41, 5.74) is 4.95. The lowest BCUT2D eigenvalue weighted by Gasteiger charge is -2.10. The lowest BCUT2D eigenvalue weighted by Crippen LogP contribution is -2.48. The number of amides is 2. The van der Waals surface area contributed by atoms with Gasteiger partial charge < -0.3 is 5.32 Å². The third-order valence-electron chi connectivity index (χ3n) is 2.04. The van der Waals surface area contributed by atoms with Crippen LogP contribution in [0.15, 0.2) is 18.2 Å². The molecule has 2 amide bonds. The smallest absolute Gasteiger partial charge is 0.271 e. The second kappa shape index (κ2) is 7.28. The van der Waals surface area contributed by atoms with Gasteiger partial charge in [0.25, 0.3) is 5.91 Å². The van der Waals surface area contributed by atoms with E-state index in [0.717, 1.165) is 0 Å². The van der Waals surface area contributed by atoms with E-state index in [2.05, 4.69) is 16.2 Å². The molecular formula is C11H11Cl2N3O2S. The molecule has 8 heteroatoms. The fraction of sp³-hybridized carbons (Fsp3) is 0.182. The van der Waals surface area contributed by atoms with Crippen LogP contribution in [0.25, 0.3) is 0 Å². The van der Waals surface area contributed by atoms with Gasteiger partial charge in [-0.1, -0.05) is 30.1 Å². The molecule has 0 heterocycles. The van der Waals surface area contributed by atoms with Crippen molar-refractivity contribution in [2.45, 2.75) is 13.3 Å². The van der Waals surface area contributed by atoms with Gasteiger partial charge in [-0.05, 0) is 30.4 Å². The minimum atomic E-state index is -0.491. The Morgan fingerprint density at radius 1 is 1.26 bits per heavy atom. The van der Waals surface area contributed by atoms with E-state index in [9.17, 15) is 9.59 Å². The molecule has 0 aromatic heterocycles. The van der Waals surface area contributed by atoms with Gasteiger partial charge in [-0.25, -0.2) is 0 Å². The predicted octanol–water partition coefficient (Wildman–Crippen LogP) is 2.04. The SMILES string of the molecule is CCC(=O)NC(=S)NNC(=O)c1ccc(Cl)cc1Cl. The lowest BCUT2D eigenvalue weighted by atomic mass is 10.2. The van der Waals surface area contributed by atoms with Crippen LogP contribution in [-0.4, -0.2) is 16.9 Å². The van der Waals surface area contributed by atoms with Crippen molar-refractivity contribution in [3.63, 3.8) is 0 Å². The molecule has 0 aliphatic heterocycles. The van der Waals surface area contributed by atoms with E-state index in [1.807, 2.05) is 0 Å². The van der Waals surface area contributed by atoms with Crippen LogP contribution in [0.4, 0.5) is 0 Å². The topological polar surface area (TPSA) is 70.2 Å². The van der Waals surface area contributed by atoms with Crippen LogP contribution in [0.3, 0.4) is 0 Å². The van der Waals surface area contributed by atoms with Crippen LogP contribution in [-0.2, 0) is 4.79 Å². The van der Waals surface area contributed by atoms with Crippen molar-refractivity contribution in [2.75, 3.05) is 0 Å². The number of rotatable bonds is 2. The van der Waals surface area contributed by atoms with E-state index < -0.39 is 5.91 Å². The van der Waals surface area contributed by atoms with Gasteiger partial charge in [-0.2, -0.15) is 0 Å². The van der Waals surface area contributed by atoms with Crippen molar-refractivity contribution in [2.24, 2.45) is 0 Å². The molecule has 0 aliphatic rings. The number of nitrogens with one attached hydrogen (secondary N) is 3. The van der Waals surface area contributed by atoms with Crippen LogP contribution in [0, 0.1) is 0 Å². The minimum absolute atomic E-state index is 0.00489. The summed E-state index contributed by atoms with van der Waals surface area (Å²) in [7, 11) is 0. The highest BCUT2D eigenvalue weighted by atomic mass is 35.5. The molecule has 0 atom stereocenters. The largest absolute Gasteiger partial charge is 0.302 e. The van der Waals surface area contributed by atoms with Crippen molar-refractivity contribution in [1.82, 2.24) is 16.2 Å². The van der Waals surface area contributed by atoms with E-state index >= 15 is 0 Å². The summed E-state index contributed by atoms with van der Waals surface area (Å²) in [6.07, 6.45) is 0.290. The molecule has 19 heavy (non-hydrogen) atoms. The zero-order chi connectivity index (χ0) is 14.4. The molecule has 0 bridgehead atoms. The van der Waals surface area contributed by atoms with Crippen molar-refractivity contribution in [1.29, 1.82) is 0 Å². The second-order valence-electron chi connectivity index (χ2n) is 3.43.